The van der Waals surface area contributed by atoms with Gasteiger partial charge in [-0.1, -0.05) is 6.92 Å². The maximum absolute atomic E-state index is 12.5. The van der Waals surface area contributed by atoms with E-state index >= 15 is 0 Å². The topological polar surface area (TPSA) is 58.6 Å². The molecule has 1 aliphatic heterocycles. The summed E-state index contributed by atoms with van der Waals surface area (Å²) < 4.78 is 32.1. The van der Waals surface area contributed by atoms with E-state index in [1.807, 2.05) is 14.0 Å². The Morgan fingerprint density at radius 3 is 3.05 bits per heavy atom. The molecule has 0 saturated carbocycles. The first-order valence-corrected chi connectivity index (χ1v) is 8.73. The van der Waals surface area contributed by atoms with Crippen LogP contribution in [0.25, 0.3) is 0 Å². The average molecular weight is 304 g/mol. The van der Waals surface area contributed by atoms with Crippen molar-refractivity contribution < 1.29 is 13.2 Å². The minimum absolute atomic E-state index is 0.0129. The molecule has 0 aromatic carbocycles. The first kappa shape index (κ1) is 14.9. The number of nitrogens with one attached hydrogen (secondary N) is 1. The Hall–Kier alpha value is -0.470. The lowest BCUT2D eigenvalue weighted by atomic mass is 10.2. The van der Waals surface area contributed by atoms with Crippen molar-refractivity contribution in [3.05, 3.63) is 16.3 Å². The second-order valence-electron chi connectivity index (χ2n) is 4.54. The molecular formula is C12H20N2O3S2. The second-order valence-corrected chi connectivity index (χ2v) is 7.48. The van der Waals surface area contributed by atoms with Gasteiger partial charge < -0.3 is 10.1 Å². The van der Waals surface area contributed by atoms with Gasteiger partial charge in [0.25, 0.3) is 0 Å². The molecule has 1 aromatic rings. The number of rotatable bonds is 5. The number of hydrogen-bond donors (Lipinski definition) is 1. The van der Waals surface area contributed by atoms with Crippen LogP contribution in [-0.2, 0) is 21.3 Å². The summed E-state index contributed by atoms with van der Waals surface area (Å²) in [6.07, 6.45) is 0.847. The molecule has 1 aliphatic rings. The Bertz CT molecular complexity index is 513. The van der Waals surface area contributed by atoms with Crippen LogP contribution in [0.1, 0.15) is 18.2 Å². The molecule has 108 valence electrons. The first-order chi connectivity index (χ1) is 9.07. The molecule has 0 spiro atoms. The zero-order chi connectivity index (χ0) is 13.9. The summed E-state index contributed by atoms with van der Waals surface area (Å²) in [5.74, 6) is 0. The van der Waals surface area contributed by atoms with E-state index in [0.717, 1.165) is 11.3 Å². The van der Waals surface area contributed by atoms with Crippen molar-refractivity contribution in [1.82, 2.24) is 9.62 Å². The Labute approximate surface area is 118 Å². The molecule has 1 atom stereocenters. The van der Waals surface area contributed by atoms with Crippen LogP contribution < -0.4 is 5.32 Å². The first-order valence-electron chi connectivity index (χ1n) is 6.41. The van der Waals surface area contributed by atoms with E-state index in [9.17, 15) is 8.42 Å². The van der Waals surface area contributed by atoms with E-state index in [0.29, 0.717) is 31.1 Å². The maximum atomic E-state index is 12.5. The quantitative estimate of drug-likeness (QED) is 0.890. The van der Waals surface area contributed by atoms with Gasteiger partial charge in [-0.3, -0.25) is 0 Å². The van der Waals surface area contributed by atoms with Crippen molar-refractivity contribution in [2.75, 3.05) is 26.7 Å². The van der Waals surface area contributed by atoms with Gasteiger partial charge in [0.2, 0.25) is 10.0 Å². The van der Waals surface area contributed by atoms with Crippen LogP contribution >= 0.6 is 11.3 Å². The summed E-state index contributed by atoms with van der Waals surface area (Å²) in [6.45, 7) is 4.08. The Kier molecular flexibility index (Phi) is 4.97. The van der Waals surface area contributed by atoms with Gasteiger partial charge in [0.05, 0.1) is 17.6 Å². The van der Waals surface area contributed by atoms with E-state index in [1.165, 1.54) is 15.6 Å². The van der Waals surface area contributed by atoms with Crippen LogP contribution in [0.3, 0.4) is 0 Å². The standard InChI is InChI=1S/C12H20N2O3S2/c1-3-10-8-14(4-5-17-10)19(15,16)12-6-11(7-13-2)18-9-12/h6,9-10,13H,3-5,7-8H2,1-2H3. The van der Waals surface area contributed by atoms with Crippen molar-refractivity contribution in [3.8, 4) is 0 Å². The van der Waals surface area contributed by atoms with Gasteiger partial charge in [-0.05, 0) is 19.5 Å². The molecule has 1 fully saturated rings. The highest BCUT2D eigenvalue weighted by Gasteiger charge is 2.30. The van der Waals surface area contributed by atoms with Crippen molar-refractivity contribution >= 4 is 21.4 Å². The number of thiophene rings is 1. The lowest BCUT2D eigenvalue weighted by Gasteiger charge is -2.31. The third-order valence-electron chi connectivity index (χ3n) is 3.18. The zero-order valence-electron chi connectivity index (χ0n) is 11.3. The van der Waals surface area contributed by atoms with E-state index in [4.69, 9.17) is 4.74 Å². The van der Waals surface area contributed by atoms with Crippen molar-refractivity contribution in [2.24, 2.45) is 0 Å². The summed E-state index contributed by atoms with van der Waals surface area (Å²) >= 11 is 1.47. The number of morpholine rings is 1. The lowest BCUT2D eigenvalue weighted by Crippen LogP contribution is -2.45. The SMILES string of the molecule is CCC1CN(S(=O)(=O)c2csc(CNC)c2)CCO1. The molecule has 2 rings (SSSR count). The molecule has 0 radical (unpaired) electrons. The van der Waals surface area contributed by atoms with Crippen LogP contribution in [0.4, 0.5) is 0 Å². The molecule has 1 aromatic heterocycles. The fourth-order valence-corrected chi connectivity index (χ4v) is 4.80. The summed E-state index contributed by atoms with van der Waals surface area (Å²) in [6, 6.07) is 1.76. The minimum atomic E-state index is -3.37. The summed E-state index contributed by atoms with van der Waals surface area (Å²) in [5.41, 5.74) is 0. The highest BCUT2D eigenvalue weighted by atomic mass is 32.2. The molecule has 19 heavy (non-hydrogen) atoms. The van der Waals surface area contributed by atoms with E-state index in [2.05, 4.69) is 5.32 Å². The Morgan fingerprint density at radius 2 is 2.37 bits per heavy atom. The zero-order valence-corrected chi connectivity index (χ0v) is 12.9. The molecule has 7 heteroatoms. The van der Waals surface area contributed by atoms with Gasteiger partial charge >= 0.3 is 0 Å². The summed E-state index contributed by atoms with van der Waals surface area (Å²) in [5, 5.41) is 4.75. The monoisotopic (exact) mass is 304 g/mol. The number of hydrogen-bond acceptors (Lipinski definition) is 5. The van der Waals surface area contributed by atoms with Gasteiger partial charge in [0, 0.05) is 29.9 Å². The lowest BCUT2D eigenvalue weighted by molar-refractivity contribution is -0.00277. The van der Waals surface area contributed by atoms with Gasteiger partial charge in [-0.25, -0.2) is 8.42 Å². The number of nitrogens with zero attached hydrogens (tertiary/aromatic N) is 1. The smallest absolute Gasteiger partial charge is 0.244 e. The van der Waals surface area contributed by atoms with Crippen molar-refractivity contribution in [1.29, 1.82) is 0 Å². The number of sulfonamides is 1. The van der Waals surface area contributed by atoms with Crippen molar-refractivity contribution in [3.63, 3.8) is 0 Å². The molecule has 1 unspecified atom stereocenters. The predicted molar refractivity (Wildman–Crippen MR) is 75.9 cm³/mol. The predicted octanol–water partition coefficient (Wildman–Crippen LogP) is 1.27. The molecule has 1 saturated heterocycles. The van der Waals surface area contributed by atoms with Gasteiger partial charge in [-0.2, -0.15) is 4.31 Å². The van der Waals surface area contributed by atoms with Gasteiger partial charge in [0.1, 0.15) is 0 Å². The summed E-state index contributed by atoms with van der Waals surface area (Å²) in [7, 11) is -1.52. The summed E-state index contributed by atoms with van der Waals surface area (Å²) in [4.78, 5) is 1.43. The molecular weight excluding hydrogens is 284 g/mol. The van der Waals surface area contributed by atoms with E-state index in [-0.39, 0.29) is 6.10 Å². The van der Waals surface area contributed by atoms with E-state index in [1.54, 1.807) is 11.4 Å². The molecule has 0 amide bonds. The van der Waals surface area contributed by atoms with Crippen molar-refractivity contribution in [2.45, 2.75) is 30.9 Å². The average Bonchev–Trinajstić information content (AvgIpc) is 2.88. The molecule has 2 heterocycles. The van der Waals surface area contributed by atoms with Crippen LogP contribution in [0.5, 0.6) is 0 Å². The highest BCUT2D eigenvalue weighted by molar-refractivity contribution is 7.89. The fraction of sp³-hybridized carbons (Fsp3) is 0.667. The largest absolute Gasteiger partial charge is 0.375 e. The van der Waals surface area contributed by atoms with Gasteiger partial charge in [-0.15, -0.1) is 11.3 Å². The highest BCUT2D eigenvalue weighted by Crippen LogP contribution is 2.24. The Morgan fingerprint density at radius 1 is 1.58 bits per heavy atom. The molecule has 5 nitrogen and oxygen atoms in total. The van der Waals surface area contributed by atoms with Crippen LogP contribution in [0, 0.1) is 0 Å². The Balaban J connectivity index is 2.16. The molecule has 1 N–H and O–H groups in total. The maximum Gasteiger partial charge on any atom is 0.244 e. The second kappa shape index (κ2) is 6.32. The third kappa shape index (κ3) is 3.35. The normalized spacial score (nSPS) is 21.7. The third-order valence-corrected chi connectivity index (χ3v) is 6.10. The molecule has 0 aliphatic carbocycles. The van der Waals surface area contributed by atoms with E-state index < -0.39 is 10.0 Å². The molecule has 0 bridgehead atoms. The van der Waals surface area contributed by atoms with Crippen LogP contribution in [0.15, 0.2) is 16.3 Å². The number of ether oxygens (including phenoxy) is 1. The van der Waals surface area contributed by atoms with Crippen LogP contribution in [-0.4, -0.2) is 45.6 Å². The van der Waals surface area contributed by atoms with Gasteiger partial charge in [0.15, 0.2) is 0 Å². The fourth-order valence-electron chi connectivity index (χ4n) is 2.07. The minimum Gasteiger partial charge on any atom is -0.375 e. The van der Waals surface area contributed by atoms with Crippen LogP contribution in [0.2, 0.25) is 0 Å².